The summed E-state index contributed by atoms with van der Waals surface area (Å²) in [5.41, 5.74) is 1.54. The maximum Gasteiger partial charge on any atom is 0.0407 e. The van der Waals surface area contributed by atoms with Crippen molar-refractivity contribution in [3.8, 4) is 11.1 Å². The van der Waals surface area contributed by atoms with E-state index in [4.69, 9.17) is 0 Å². The first-order valence-electron chi connectivity index (χ1n) is 5.46. The predicted octanol–water partition coefficient (Wildman–Crippen LogP) is 3.98. The summed E-state index contributed by atoms with van der Waals surface area (Å²) in [4.78, 5) is 4.24. The molecule has 0 saturated heterocycles. The molecular formula is C15H8F2NW-. The van der Waals surface area contributed by atoms with E-state index < -0.39 is 11.6 Å². The number of benzene rings is 2. The van der Waals surface area contributed by atoms with Crippen LogP contribution in [0.15, 0.2) is 48.7 Å². The van der Waals surface area contributed by atoms with Crippen molar-refractivity contribution in [1.29, 1.82) is 0 Å². The van der Waals surface area contributed by atoms with Gasteiger partial charge in [0.05, 0.1) is 0 Å². The molecule has 19 heavy (non-hydrogen) atoms. The molecule has 2 aromatic carbocycles. The molecule has 1 nitrogen and oxygen atoms in total. The standard InChI is InChI=1S/C15H8F2N.W/c16-11-6-7-12(14(17)9-11)13-5-1-3-10-4-2-8-18-15(10)13;/h1-6,8-9H;/q-1;. The number of aromatic nitrogens is 1. The van der Waals surface area contributed by atoms with Crippen molar-refractivity contribution in [3.63, 3.8) is 0 Å². The zero-order valence-electron chi connectivity index (χ0n) is 9.73. The van der Waals surface area contributed by atoms with E-state index in [-0.39, 0.29) is 26.6 Å². The third-order valence-electron chi connectivity index (χ3n) is 2.76. The van der Waals surface area contributed by atoms with E-state index in [1.807, 2.05) is 24.3 Å². The van der Waals surface area contributed by atoms with Gasteiger partial charge >= 0.3 is 0 Å². The predicted molar refractivity (Wildman–Crippen MR) is 65.9 cm³/mol. The van der Waals surface area contributed by atoms with Crippen LogP contribution in [0.25, 0.3) is 22.0 Å². The van der Waals surface area contributed by atoms with Crippen LogP contribution >= 0.6 is 0 Å². The molecule has 3 aromatic rings. The maximum absolute atomic E-state index is 13.8. The maximum atomic E-state index is 13.8. The third kappa shape index (κ3) is 2.57. The second kappa shape index (κ2) is 5.58. The monoisotopic (exact) mass is 424 g/mol. The summed E-state index contributed by atoms with van der Waals surface area (Å²) in [6.45, 7) is 0. The molecule has 1 aromatic heterocycles. The Labute approximate surface area is 123 Å². The number of hydrogen-bond donors (Lipinski definition) is 0. The van der Waals surface area contributed by atoms with Gasteiger partial charge in [-0.25, -0.2) is 0 Å². The van der Waals surface area contributed by atoms with E-state index in [9.17, 15) is 8.78 Å². The van der Waals surface area contributed by atoms with Gasteiger partial charge in [-0.05, 0) is 11.5 Å². The Morgan fingerprint density at radius 2 is 1.84 bits per heavy atom. The van der Waals surface area contributed by atoms with Crippen molar-refractivity contribution in [2.24, 2.45) is 0 Å². The fraction of sp³-hybridized carbons (Fsp3) is 0. The number of fused-ring (bicyclic) bond motifs is 1. The van der Waals surface area contributed by atoms with Gasteiger partial charge in [-0.2, -0.15) is 0 Å². The quantitative estimate of drug-likeness (QED) is 0.539. The first kappa shape index (κ1) is 13.8. The van der Waals surface area contributed by atoms with Crippen LogP contribution in [0, 0.1) is 17.7 Å². The molecule has 0 saturated carbocycles. The van der Waals surface area contributed by atoms with Crippen molar-refractivity contribution < 1.29 is 29.8 Å². The number of rotatable bonds is 1. The minimum absolute atomic E-state index is 0. The summed E-state index contributed by atoms with van der Waals surface area (Å²) in [7, 11) is 0. The smallest absolute Gasteiger partial charge is 0.0407 e. The normalized spacial score (nSPS) is 10.2. The minimum Gasteiger partial charge on any atom is -0.266 e. The van der Waals surface area contributed by atoms with E-state index >= 15 is 0 Å². The summed E-state index contributed by atoms with van der Waals surface area (Å²) in [6, 6.07) is 13.8. The summed E-state index contributed by atoms with van der Waals surface area (Å²) in [5.74, 6) is -1.27. The first-order valence-corrected chi connectivity index (χ1v) is 5.46. The molecule has 3 rings (SSSR count). The summed E-state index contributed by atoms with van der Waals surface area (Å²) in [5, 5.41) is 0.909. The largest absolute Gasteiger partial charge is 0.266 e. The average molecular weight is 424 g/mol. The Hall–Kier alpha value is -1.60. The summed E-state index contributed by atoms with van der Waals surface area (Å²) in [6.07, 6.45) is 1.65. The van der Waals surface area contributed by atoms with Crippen LogP contribution < -0.4 is 0 Å². The number of para-hydroxylation sites is 1. The van der Waals surface area contributed by atoms with Gasteiger partial charge in [0.1, 0.15) is 0 Å². The third-order valence-corrected chi connectivity index (χ3v) is 2.76. The molecule has 0 atom stereocenters. The van der Waals surface area contributed by atoms with E-state index in [1.54, 1.807) is 12.3 Å². The van der Waals surface area contributed by atoms with Crippen LogP contribution in [0.5, 0.6) is 0 Å². The minimum atomic E-state index is -0.635. The Kier molecular flexibility index (Phi) is 4.06. The molecule has 0 amide bonds. The van der Waals surface area contributed by atoms with Gasteiger partial charge in [-0.15, -0.1) is 17.7 Å². The van der Waals surface area contributed by atoms with Gasteiger partial charge in [0.25, 0.3) is 0 Å². The van der Waals surface area contributed by atoms with E-state index in [1.165, 1.54) is 0 Å². The average Bonchev–Trinajstić information content (AvgIpc) is 2.38. The van der Waals surface area contributed by atoms with Gasteiger partial charge in [0.2, 0.25) is 0 Å². The van der Waals surface area contributed by atoms with Crippen LogP contribution in [-0.2, 0) is 21.1 Å². The zero-order chi connectivity index (χ0) is 12.5. The van der Waals surface area contributed by atoms with Crippen molar-refractivity contribution in [3.05, 3.63) is 66.4 Å². The van der Waals surface area contributed by atoms with Gasteiger partial charge in [-0.3, -0.25) is 13.8 Å². The van der Waals surface area contributed by atoms with E-state index in [0.717, 1.165) is 17.5 Å². The molecule has 4 heteroatoms. The van der Waals surface area contributed by atoms with Gasteiger partial charge in [-0.1, -0.05) is 35.9 Å². The van der Waals surface area contributed by atoms with Gasteiger partial charge < -0.3 is 0 Å². The van der Waals surface area contributed by atoms with Gasteiger partial charge in [0, 0.05) is 44.4 Å². The molecule has 0 aliphatic heterocycles. The SMILES string of the molecule is Fc1c[c-]c(-c2cccc3cccnc23)c(F)c1.[W]. The topological polar surface area (TPSA) is 12.9 Å². The van der Waals surface area contributed by atoms with E-state index in [2.05, 4.69) is 11.1 Å². The summed E-state index contributed by atoms with van der Waals surface area (Å²) >= 11 is 0. The molecule has 0 aliphatic rings. The van der Waals surface area contributed by atoms with E-state index in [0.29, 0.717) is 11.1 Å². The van der Waals surface area contributed by atoms with Crippen LogP contribution in [-0.4, -0.2) is 4.98 Å². The van der Waals surface area contributed by atoms with Crippen LogP contribution in [0.3, 0.4) is 0 Å². The Balaban J connectivity index is 0.00000133. The number of hydrogen-bond acceptors (Lipinski definition) is 1. The van der Waals surface area contributed by atoms with Crippen molar-refractivity contribution >= 4 is 10.9 Å². The van der Waals surface area contributed by atoms with Crippen LogP contribution in [0.2, 0.25) is 0 Å². The second-order valence-corrected chi connectivity index (χ2v) is 3.92. The molecule has 94 valence electrons. The van der Waals surface area contributed by atoms with Crippen molar-refractivity contribution in [2.75, 3.05) is 0 Å². The molecule has 0 N–H and O–H groups in total. The number of halogens is 2. The van der Waals surface area contributed by atoms with Crippen molar-refractivity contribution in [2.45, 2.75) is 0 Å². The van der Waals surface area contributed by atoms with Crippen LogP contribution in [0.4, 0.5) is 8.78 Å². The van der Waals surface area contributed by atoms with Crippen LogP contribution in [0.1, 0.15) is 0 Å². The van der Waals surface area contributed by atoms with Crippen molar-refractivity contribution in [1.82, 2.24) is 4.98 Å². The molecule has 0 aliphatic carbocycles. The second-order valence-electron chi connectivity index (χ2n) is 3.92. The molecule has 0 spiro atoms. The molecule has 1 heterocycles. The molecule has 0 unspecified atom stereocenters. The fourth-order valence-electron chi connectivity index (χ4n) is 1.96. The Morgan fingerprint density at radius 1 is 1.05 bits per heavy atom. The Morgan fingerprint density at radius 3 is 2.63 bits per heavy atom. The Bertz CT molecular complexity index is 723. The molecular weight excluding hydrogens is 416 g/mol. The number of pyridine rings is 1. The molecule has 0 radical (unpaired) electrons. The fourth-order valence-corrected chi connectivity index (χ4v) is 1.96. The summed E-state index contributed by atoms with van der Waals surface area (Å²) < 4.78 is 26.7. The molecule has 0 bridgehead atoms. The van der Waals surface area contributed by atoms with Gasteiger partial charge in [0.15, 0.2) is 0 Å². The number of nitrogens with zero attached hydrogens (tertiary/aromatic N) is 1. The first-order chi connectivity index (χ1) is 8.75. The molecule has 0 fully saturated rings. The zero-order valence-corrected chi connectivity index (χ0v) is 12.7.